The molecule has 2 aliphatic rings. The van der Waals surface area contributed by atoms with Gasteiger partial charge in [0.25, 0.3) is 5.56 Å². The number of hydrogen-bond acceptors (Lipinski definition) is 5. The average molecular weight is 458 g/mol. The van der Waals surface area contributed by atoms with Crippen LogP contribution in [0.5, 0.6) is 0 Å². The Morgan fingerprint density at radius 1 is 1.09 bits per heavy atom. The highest BCUT2D eigenvalue weighted by atomic mass is 19.1. The molecule has 0 unspecified atom stereocenters. The molecule has 2 aliphatic heterocycles. The van der Waals surface area contributed by atoms with Crippen LogP contribution in [-0.4, -0.2) is 20.2 Å². The van der Waals surface area contributed by atoms with E-state index in [-0.39, 0.29) is 41.6 Å². The maximum absolute atomic E-state index is 14.2. The summed E-state index contributed by atoms with van der Waals surface area (Å²) < 4.78 is 22.6. The molecule has 0 saturated carbocycles. The number of aromatic nitrogens is 2. The summed E-state index contributed by atoms with van der Waals surface area (Å²) in [6.45, 7) is 1.47. The molecule has 0 aliphatic carbocycles. The number of aliphatic hydroxyl groups is 1. The van der Waals surface area contributed by atoms with Crippen LogP contribution in [0.25, 0.3) is 27.8 Å². The molecule has 7 nitrogen and oxygen atoms in total. The zero-order valence-corrected chi connectivity index (χ0v) is 18.2. The van der Waals surface area contributed by atoms with Gasteiger partial charge in [0.2, 0.25) is 0 Å². The number of carbonyl (C=O) groups is 1. The highest BCUT2D eigenvalue weighted by Gasteiger charge is 2.45. The van der Waals surface area contributed by atoms with E-state index in [0.29, 0.717) is 16.9 Å². The SMILES string of the molecule is CC[C@@]1(O)C(=O)OCc2c1cc1n(c2=O)Cc2c-1c(=O)c1cc(F)ccc1n2-c1ccccc1. The van der Waals surface area contributed by atoms with E-state index in [1.54, 1.807) is 13.0 Å². The van der Waals surface area contributed by atoms with Gasteiger partial charge in [-0.25, -0.2) is 9.18 Å². The zero-order valence-electron chi connectivity index (χ0n) is 18.2. The summed E-state index contributed by atoms with van der Waals surface area (Å²) in [5, 5.41) is 11.2. The standard InChI is InChI=1S/C26H19FN2O5/c1-2-26(33)18-11-20-22-21(12-28(20)24(31)17(18)13-34-25(26)32)29(15-6-4-3-5-7-15)19-9-8-14(27)10-16(19)23(22)30/h3-11,33H,2,12-13H2,1H3/t26-/m0/s1. The summed E-state index contributed by atoms with van der Waals surface area (Å²) in [4.78, 5) is 39.5. The number of rotatable bonds is 2. The zero-order chi connectivity index (χ0) is 23.8. The first-order valence-electron chi connectivity index (χ1n) is 10.9. The summed E-state index contributed by atoms with van der Waals surface area (Å²) in [6.07, 6.45) is 0.00572. The van der Waals surface area contributed by atoms with Crippen LogP contribution in [-0.2, 0) is 28.3 Å². The van der Waals surface area contributed by atoms with E-state index in [2.05, 4.69) is 0 Å². The lowest BCUT2D eigenvalue weighted by Gasteiger charge is -2.31. The molecule has 34 heavy (non-hydrogen) atoms. The molecule has 170 valence electrons. The highest BCUT2D eigenvalue weighted by molar-refractivity contribution is 5.89. The second kappa shape index (κ2) is 6.98. The van der Waals surface area contributed by atoms with Crippen LogP contribution in [0.3, 0.4) is 0 Å². The third-order valence-corrected chi connectivity index (χ3v) is 6.85. The van der Waals surface area contributed by atoms with E-state index in [0.717, 1.165) is 5.69 Å². The maximum Gasteiger partial charge on any atom is 0.343 e. The molecular weight excluding hydrogens is 439 g/mol. The third kappa shape index (κ3) is 2.57. The van der Waals surface area contributed by atoms with Crippen molar-refractivity contribution < 1.29 is 19.0 Å². The molecule has 0 saturated heterocycles. The number of pyridine rings is 2. The van der Waals surface area contributed by atoms with Gasteiger partial charge in [0.15, 0.2) is 11.0 Å². The molecule has 0 amide bonds. The van der Waals surface area contributed by atoms with Gasteiger partial charge in [-0.1, -0.05) is 25.1 Å². The van der Waals surface area contributed by atoms with E-state index < -0.39 is 28.4 Å². The number of cyclic esters (lactones) is 1. The van der Waals surface area contributed by atoms with Crippen molar-refractivity contribution in [2.75, 3.05) is 0 Å². The van der Waals surface area contributed by atoms with Gasteiger partial charge in [-0.3, -0.25) is 9.59 Å². The second-order valence-electron chi connectivity index (χ2n) is 8.59. The Morgan fingerprint density at radius 3 is 2.59 bits per heavy atom. The second-order valence-corrected chi connectivity index (χ2v) is 8.59. The third-order valence-electron chi connectivity index (χ3n) is 6.85. The van der Waals surface area contributed by atoms with Gasteiger partial charge in [-0.2, -0.15) is 0 Å². The van der Waals surface area contributed by atoms with Gasteiger partial charge >= 0.3 is 5.97 Å². The number of benzene rings is 2. The lowest BCUT2D eigenvalue weighted by atomic mass is 9.85. The molecule has 6 rings (SSSR count). The van der Waals surface area contributed by atoms with E-state index in [1.165, 1.54) is 22.8 Å². The van der Waals surface area contributed by atoms with E-state index in [4.69, 9.17) is 4.74 Å². The van der Waals surface area contributed by atoms with Crippen LogP contribution in [0.1, 0.15) is 30.2 Å². The van der Waals surface area contributed by atoms with E-state index in [9.17, 15) is 23.9 Å². The van der Waals surface area contributed by atoms with Gasteiger partial charge in [0.1, 0.15) is 12.4 Å². The van der Waals surface area contributed by atoms with Crippen LogP contribution < -0.4 is 11.0 Å². The van der Waals surface area contributed by atoms with Crippen molar-refractivity contribution in [3.63, 3.8) is 0 Å². The van der Waals surface area contributed by atoms with E-state index in [1.807, 2.05) is 34.9 Å². The fourth-order valence-corrected chi connectivity index (χ4v) is 5.11. The molecule has 0 fully saturated rings. The summed E-state index contributed by atoms with van der Waals surface area (Å²) in [6, 6.07) is 14.9. The Hall–Kier alpha value is -4.04. The largest absolute Gasteiger partial charge is 0.458 e. The number of nitrogens with zero attached hydrogens (tertiary/aromatic N) is 2. The molecule has 1 N–H and O–H groups in total. The minimum absolute atomic E-state index is 0.00572. The van der Waals surface area contributed by atoms with Crippen LogP contribution >= 0.6 is 0 Å². The molecule has 0 bridgehead atoms. The summed E-state index contributed by atoms with van der Waals surface area (Å²) in [5.41, 5.74) is -0.0994. The maximum atomic E-state index is 14.2. The topological polar surface area (TPSA) is 90.5 Å². The van der Waals surface area contributed by atoms with Crippen molar-refractivity contribution in [2.45, 2.75) is 32.1 Å². The highest BCUT2D eigenvalue weighted by Crippen LogP contribution is 2.39. The van der Waals surface area contributed by atoms with Gasteiger partial charge < -0.3 is 19.0 Å². The Kier molecular flexibility index (Phi) is 4.22. The summed E-state index contributed by atoms with van der Waals surface area (Å²) in [5.74, 6) is -1.37. The fraction of sp³-hybridized carbons (Fsp3) is 0.192. The number of para-hydroxylation sites is 1. The molecule has 0 spiro atoms. The van der Waals surface area contributed by atoms with Crippen LogP contribution in [0.4, 0.5) is 4.39 Å². The number of halogens is 1. The average Bonchev–Trinajstić information content (AvgIpc) is 3.23. The van der Waals surface area contributed by atoms with Gasteiger partial charge in [-0.15, -0.1) is 0 Å². The molecule has 2 aromatic heterocycles. The first-order chi connectivity index (χ1) is 16.3. The normalized spacial score (nSPS) is 18.4. The Bertz CT molecular complexity index is 1650. The van der Waals surface area contributed by atoms with Crippen molar-refractivity contribution in [1.29, 1.82) is 0 Å². The minimum Gasteiger partial charge on any atom is -0.458 e. The van der Waals surface area contributed by atoms with Crippen molar-refractivity contribution in [2.24, 2.45) is 0 Å². The van der Waals surface area contributed by atoms with Crippen molar-refractivity contribution >= 4 is 16.9 Å². The lowest BCUT2D eigenvalue weighted by molar-refractivity contribution is -0.172. The Balaban J connectivity index is 1.75. The monoisotopic (exact) mass is 458 g/mol. The quantitative estimate of drug-likeness (QED) is 0.411. The smallest absolute Gasteiger partial charge is 0.343 e. The number of fused-ring (bicyclic) bond motifs is 5. The first-order valence-corrected chi connectivity index (χ1v) is 10.9. The summed E-state index contributed by atoms with van der Waals surface area (Å²) >= 11 is 0. The molecule has 0 radical (unpaired) electrons. The Labute approximate surface area is 192 Å². The number of esters is 1. The fourth-order valence-electron chi connectivity index (χ4n) is 5.11. The predicted octanol–water partition coefficient (Wildman–Crippen LogP) is 2.97. The van der Waals surface area contributed by atoms with Gasteiger partial charge in [-0.05, 0) is 42.8 Å². The van der Waals surface area contributed by atoms with Gasteiger partial charge in [0.05, 0.1) is 34.6 Å². The Morgan fingerprint density at radius 2 is 1.85 bits per heavy atom. The minimum atomic E-state index is -1.98. The van der Waals surface area contributed by atoms with Gasteiger partial charge in [0, 0.05) is 16.6 Å². The first kappa shape index (κ1) is 20.6. The van der Waals surface area contributed by atoms with Crippen molar-refractivity contribution in [1.82, 2.24) is 9.13 Å². The number of ether oxygens (including phenoxy) is 1. The lowest BCUT2D eigenvalue weighted by Crippen LogP contribution is -2.44. The molecule has 4 heterocycles. The van der Waals surface area contributed by atoms with Crippen LogP contribution in [0.2, 0.25) is 0 Å². The molecule has 4 aromatic rings. The van der Waals surface area contributed by atoms with Crippen molar-refractivity contribution in [3.05, 3.63) is 97.8 Å². The summed E-state index contributed by atoms with van der Waals surface area (Å²) in [7, 11) is 0. The number of carbonyl (C=O) groups excluding carboxylic acids is 1. The number of hydrogen-bond donors (Lipinski definition) is 1. The molecule has 8 heteroatoms. The molecule has 1 atom stereocenters. The molecular formula is C26H19FN2O5. The van der Waals surface area contributed by atoms with Crippen LogP contribution in [0.15, 0.2) is 64.2 Å². The van der Waals surface area contributed by atoms with Crippen LogP contribution in [0, 0.1) is 5.82 Å². The molecule has 2 aromatic carbocycles. The van der Waals surface area contributed by atoms with Crippen molar-refractivity contribution in [3.8, 4) is 16.9 Å². The predicted molar refractivity (Wildman–Crippen MR) is 122 cm³/mol. The van der Waals surface area contributed by atoms with E-state index >= 15 is 0 Å².